The molecule has 2 aliphatic carbocycles. The first-order chi connectivity index (χ1) is 15.5. The van der Waals surface area contributed by atoms with E-state index in [-0.39, 0.29) is 17.5 Å². The van der Waals surface area contributed by atoms with E-state index in [9.17, 15) is 9.59 Å². The van der Waals surface area contributed by atoms with Crippen LogP contribution in [0.5, 0.6) is 11.5 Å². The van der Waals surface area contributed by atoms with Gasteiger partial charge in [0.1, 0.15) is 6.61 Å². The monoisotopic (exact) mass is 499 g/mol. The van der Waals surface area contributed by atoms with Gasteiger partial charge in [-0.1, -0.05) is 12.7 Å². The van der Waals surface area contributed by atoms with Gasteiger partial charge >= 0.3 is 0 Å². The minimum atomic E-state index is -0.354. The number of allylic oxidation sites excluding steroid dienone is 4. The number of nitrogens with zero attached hydrogens (tertiary/aromatic N) is 1. The zero-order valence-electron chi connectivity index (χ0n) is 18.8. The molecule has 0 bridgehead atoms. The summed E-state index contributed by atoms with van der Waals surface area (Å²) in [7, 11) is 0. The second-order valence-electron chi connectivity index (χ2n) is 8.31. The van der Waals surface area contributed by atoms with Crippen molar-refractivity contribution in [3.05, 3.63) is 57.4 Å². The average Bonchev–Trinajstić information content (AvgIpc) is 2.77. The highest BCUT2D eigenvalue weighted by atomic mass is 79.9. The van der Waals surface area contributed by atoms with Crippen LogP contribution in [0.2, 0.25) is 0 Å². The van der Waals surface area contributed by atoms with Crippen LogP contribution in [0.15, 0.2) is 51.8 Å². The van der Waals surface area contributed by atoms with Gasteiger partial charge < -0.3 is 14.4 Å². The van der Waals surface area contributed by atoms with Crippen molar-refractivity contribution in [2.24, 2.45) is 0 Å². The van der Waals surface area contributed by atoms with Crippen LogP contribution in [0, 0.1) is 0 Å². The maximum Gasteiger partial charge on any atom is 0.175 e. The number of ether oxygens (including phenoxy) is 2. The minimum absolute atomic E-state index is 0.153. The van der Waals surface area contributed by atoms with Crippen molar-refractivity contribution in [2.75, 3.05) is 19.8 Å². The molecule has 0 saturated carbocycles. The molecule has 170 valence electrons. The fraction of sp³-hybridized carbons (Fsp3) is 0.462. The van der Waals surface area contributed by atoms with Crippen LogP contribution in [0.3, 0.4) is 0 Å². The fourth-order valence-electron chi connectivity index (χ4n) is 5.23. The average molecular weight is 500 g/mol. The highest BCUT2D eigenvalue weighted by molar-refractivity contribution is 9.10. The largest absolute Gasteiger partial charge is 0.490 e. The molecule has 0 saturated heterocycles. The maximum absolute atomic E-state index is 13.3. The number of carbonyl (C=O) groups excluding carboxylic acids is 2. The molecule has 0 spiro atoms. The lowest BCUT2D eigenvalue weighted by atomic mass is 9.71. The first-order valence-electron chi connectivity index (χ1n) is 11.5. The second-order valence-corrected chi connectivity index (χ2v) is 9.17. The molecule has 1 aliphatic heterocycles. The van der Waals surface area contributed by atoms with Crippen molar-refractivity contribution in [1.29, 1.82) is 0 Å². The third-order valence-corrected chi connectivity index (χ3v) is 7.00. The van der Waals surface area contributed by atoms with E-state index in [1.54, 1.807) is 6.08 Å². The third-order valence-electron chi connectivity index (χ3n) is 6.41. The molecule has 5 nitrogen and oxygen atoms in total. The van der Waals surface area contributed by atoms with Gasteiger partial charge in [-0.15, -0.1) is 0 Å². The molecule has 1 heterocycles. The SMILES string of the molecule is C=CCOc1c(Br)cc(C2C3=C(CCCC3=O)N(CC)C3=C2C(=O)CCC3)cc1OCC. The lowest BCUT2D eigenvalue weighted by Crippen LogP contribution is -2.39. The Hall–Kier alpha value is -2.34. The number of hydrogen-bond donors (Lipinski definition) is 0. The molecule has 0 aromatic heterocycles. The summed E-state index contributed by atoms with van der Waals surface area (Å²) in [6.07, 6.45) is 6.21. The quantitative estimate of drug-likeness (QED) is 0.440. The first-order valence-corrected chi connectivity index (χ1v) is 12.3. The lowest BCUT2D eigenvalue weighted by Gasteiger charge is -2.43. The number of benzene rings is 1. The summed E-state index contributed by atoms with van der Waals surface area (Å²) >= 11 is 3.64. The van der Waals surface area contributed by atoms with Crippen molar-refractivity contribution in [3.63, 3.8) is 0 Å². The first kappa shape index (κ1) is 22.8. The van der Waals surface area contributed by atoms with Gasteiger partial charge in [-0.25, -0.2) is 0 Å². The second kappa shape index (κ2) is 9.65. The molecule has 0 N–H and O–H groups in total. The van der Waals surface area contributed by atoms with E-state index in [0.29, 0.717) is 37.6 Å². The lowest BCUT2D eigenvalue weighted by molar-refractivity contribution is -0.117. The van der Waals surface area contributed by atoms with E-state index < -0.39 is 0 Å². The summed E-state index contributed by atoms with van der Waals surface area (Å²) in [6, 6.07) is 3.92. The van der Waals surface area contributed by atoms with Gasteiger partial charge in [0.2, 0.25) is 0 Å². The van der Waals surface area contributed by atoms with Gasteiger partial charge in [-0.2, -0.15) is 0 Å². The molecule has 0 unspecified atom stereocenters. The van der Waals surface area contributed by atoms with Gasteiger partial charge in [0.15, 0.2) is 23.1 Å². The van der Waals surface area contributed by atoms with E-state index in [1.165, 1.54) is 0 Å². The van der Waals surface area contributed by atoms with Gasteiger partial charge in [-0.05, 0) is 73.2 Å². The van der Waals surface area contributed by atoms with Gasteiger partial charge in [0.25, 0.3) is 0 Å². The smallest absolute Gasteiger partial charge is 0.175 e. The summed E-state index contributed by atoms with van der Waals surface area (Å²) < 4.78 is 12.5. The molecule has 6 heteroatoms. The number of ketones is 2. The molecule has 0 amide bonds. The third kappa shape index (κ3) is 3.94. The standard InChI is InChI=1S/C26H30BrNO4/c1-4-13-32-26-17(27)14-16(15-22(26)31-6-3)23-24-18(9-7-11-20(24)29)28(5-2)19-10-8-12-21(30)25(19)23/h4,14-15,23H,1,5-13H2,2-3H3. The Morgan fingerprint density at radius 3 is 2.19 bits per heavy atom. The predicted octanol–water partition coefficient (Wildman–Crippen LogP) is 5.85. The number of hydrogen-bond acceptors (Lipinski definition) is 5. The van der Waals surface area contributed by atoms with Crippen molar-refractivity contribution < 1.29 is 19.1 Å². The zero-order chi connectivity index (χ0) is 22.8. The summed E-state index contributed by atoms with van der Waals surface area (Å²) in [4.78, 5) is 28.8. The van der Waals surface area contributed by atoms with Crippen LogP contribution < -0.4 is 9.47 Å². The molecule has 1 aromatic carbocycles. The molecule has 4 rings (SSSR count). The van der Waals surface area contributed by atoms with Crippen molar-refractivity contribution in [3.8, 4) is 11.5 Å². The van der Waals surface area contributed by atoms with Gasteiger partial charge in [0.05, 0.1) is 11.1 Å². The van der Waals surface area contributed by atoms with Gasteiger partial charge in [-0.3, -0.25) is 9.59 Å². The molecule has 0 radical (unpaired) electrons. The van der Waals surface area contributed by atoms with E-state index in [0.717, 1.165) is 64.8 Å². The fourth-order valence-corrected chi connectivity index (χ4v) is 5.81. The van der Waals surface area contributed by atoms with E-state index >= 15 is 0 Å². The van der Waals surface area contributed by atoms with E-state index in [1.807, 2.05) is 19.1 Å². The summed E-state index contributed by atoms with van der Waals surface area (Å²) in [5.41, 5.74) is 4.68. The summed E-state index contributed by atoms with van der Waals surface area (Å²) in [5, 5.41) is 0. The van der Waals surface area contributed by atoms with Crippen molar-refractivity contribution in [1.82, 2.24) is 4.90 Å². The Kier molecular flexibility index (Phi) is 6.89. The Morgan fingerprint density at radius 2 is 1.66 bits per heavy atom. The molecule has 0 atom stereocenters. The Balaban J connectivity index is 1.93. The van der Waals surface area contributed by atoms with Crippen LogP contribution in [-0.2, 0) is 9.59 Å². The van der Waals surface area contributed by atoms with Crippen molar-refractivity contribution in [2.45, 2.75) is 58.3 Å². The Labute approximate surface area is 198 Å². The van der Waals surface area contributed by atoms with Crippen LogP contribution in [0.4, 0.5) is 0 Å². The predicted molar refractivity (Wildman–Crippen MR) is 128 cm³/mol. The maximum atomic E-state index is 13.3. The number of rotatable bonds is 7. The highest BCUT2D eigenvalue weighted by Crippen LogP contribution is 2.51. The summed E-state index contributed by atoms with van der Waals surface area (Å²) in [5.74, 6) is 1.16. The van der Waals surface area contributed by atoms with Gasteiger partial charge in [0, 0.05) is 47.8 Å². The zero-order valence-corrected chi connectivity index (χ0v) is 20.4. The van der Waals surface area contributed by atoms with E-state index in [4.69, 9.17) is 9.47 Å². The van der Waals surface area contributed by atoms with Crippen LogP contribution in [-0.4, -0.2) is 36.2 Å². The molecule has 32 heavy (non-hydrogen) atoms. The summed E-state index contributed by atoms with van der Waals surface area (Å²) in [6.45, 7) is 9.35. The number of Topliss-reactive ketones (excluding diaryl/α,β-unsaturated/α-hetero) is 2. The Morgan fingerprint density at radius 1 is 1.03 bits per heavy atom. The Bertz CT molecular complexity index is 979. The van der Waals surface area contributed by atoms with E-state index in [2.05, 4.69) is 34.3 Å². The molecule has 3 aliphatic rings. The molecule has 0 fully saturated rings. The molecular weight excluding hydrogens is 470 g/mol. The normalized spacial score (nSPS) is 19.2. The molecular formula is C26H30BrNO4. The van der Waals surface area contributed by atoms with Crippen LogP contribution in [0.25, 0.3) is 0 Å². The van der Waals surface area contributed by atoms with Crippen molar-refractivity contribution >= 4 is 27.5 Å². The number of halogens is 1. The highest BCUT2D eigenvalue weighted by Gasteiger charge is 2.43. The van der Waals surface area contributed by atoms with Crippen LogP contribution >= 0.6 is 15.9 Å². The topological polar surface area (TPSA) is 55.8 Å². The molecule has 1 aromatic rings. The minimum Gasteiger partial charge on any atom is -0.490 e. The van der Waals surface area contributed by atoms with Crippen LogP contribution in [0.1, 0.15) is 63.9 Å². The number of carbonyl (C=O) groups is 2.